The van der Waals surface area contributed by atoms with Gasteiger partial charge in [-0.1, -0.05) is 30.3 Å². The maximum Gasteiger partial charge on any atom is 0.278 e. The molecule has 2 heterocycles. The molecule has 0 bridgehead atoms. The second-order valence-electron chi connectivity index (χ2n) is 7.93. The van der Waals surface area contributed by atoms with E-state index in [1.165, 1.54) is 33.8 Å². The summed E-state index contributed by atoms with van der Waals surface area (Å²) in [4.78, 5) is 31.8. The number of carbonyl (C=O) groups is 2. The van der Waals surface area contributed by atoms with Gasteiger partial charge >= 0.3 is 0 Å². The number of hydrogen-bond acceptors (Lipinski definition) is 4. The van der Waals surface area contributed by atoms with Crippen molar-refractivity contribution in [3.8, 4) is 0 Å². The van der Waals surface area contributed by atoms with Gasteiger partial charge in [0.2, 0.25) is 0 Å². The van der Waals surface area contributed by atoms with Gasteiger partial charge in [0.15, 0.2) is 0 Å². The van der Waals surface area contributed by atoms with E-state index in [2.05, 4.69) is 43.5 Å². The monoisotopic (exact) mass is 419 g/mol. The van der Waals surface area contributed by atoms with Crippen LogP contribution in [0.1, 0.15) is 16.7 Å². The predicted octanol–water partition coefficient (Wildman–Crippen LogP) is 3.53. The van der Waals surface area contributed by atoms with Crippen LogP contribution in [0.4, 0.5) is 10.1 Å². The number of rotatable bonds is 5. The second-order valence-corrected chi connectivity index (χ2v) is 7.93. The first-order valence-electron chi connectivity index (χ1n) is 10.5. The third-order valence-corrected chi connectivity index (χ3v) is 6.10. The number of piperazine rings is 1. The van der Waals surface area contributed by atoms with Crippen molar-refractivity contribution in [1.29, 1.82) is 0 Å². The molecule has 2 amide bonds. The highest BCUT2D eigenvalue weighted by Crippen LogP contribution is 2.33. The Hall–Kier alpha value is -3.41. The van der Waals surface area contributed by atoms with Gasteiger partial charge in [-0.25, -0.2) is 4.39 Å². The molecule has 160 valence electrons. The van der Waals surface area contributed by atoms with Gasteiger partial charge in [0, 0.05) is 38.4 Å². The number of benzene rings is 2. The first kappa shape index (κ1) is 20.8. The molecule has 0 saturated carbocycles. The van der Waals surface area contributed by atoms with Crippen LogP contribution in [0.5, 0.6) is 0 Å². The number of nitrogens with zero attached hydrogens (tertiary/aromatic N) is 3. The SMILES string of the molecule is C=CCN1C(=O)C(c2ccc(F)cc2)=C(N2CCN(c3cccc(C)c3C)CC2)C1=O. The Kier molecular flexibility index (Phi) is 5.63. The first-order valence-corrected chi connectivity index (χ1v) is 10.5. The van der Waals surface area contributed by atoms with Crippen LogP contribution in [0, 0.1) is 19.7 Å². The average molecular weight is 420 g/mol. The van der Waals surface area contributed by atoms with E-state index in [0.717, 1.165) is 13.1 Å². The van der Waals surface area contributed by atoms with Gasteiger partial charge in [0.05, 0.1) is 5.57 Å². The van der Waals surface area contributed by atoms with E-state index in [9.17, 15) is 14.0 Å². The summed E-state index contributed by atoms with van der Waals surface area (Å²) in [5, 5.41) is 0. The molecule has 2 aromatic carbocycles. The fourth-order valence-corrected chi connectivity index (χ4v) is 4.28. The molecule has 2 aromatic rings. The quantitative estimate of drug-likeness (QED) is 0.549. The fourth-order valence-electron chi connectivity index (χ4n) is 4.28. The molecule has 2 aliphatic rings. The topological polar surface area (TPSA) is 43.9 Å². The molecule has 4 rings (SSSR count). The average Bonchev–Trinajstić information content (AvgIpc) is 3.01. The smallest absolute Gasteiger partial charge is 0.278 e. The summed E-state index contributed by atoms with van der Waals surface area (Å²) >= 11 is 0. The van der Waals surface area contributed by atoms with E-state index in [-0.39, 0.29) is 24.2 Å². The number of aryl methyl sites for hydroxylation is 1. The minimum absolute atomic E-state index is 0.147. The van der Waals surface area contributed by atoms with Crippen molar-refractivity contribution in [2.75, 3.05) is 37.6 Å². The summed E-state index contributed by atoms with van der Waals surface area (Å²) in [6.45, 7) is 10.8. The molecular weight excluding hydrogens is 393 g/mol. The molecule has 6 heteroatoms. The molecule has 2 aliphatic heterocycles. The van der Waals surface area contributed by atoms with Crippen molar-refractivity contribution in [3.05, 3.63) is 83.3 Å². The van der Waals surface area contributed by atoms with Gasteiger partial charge in [-0.3, -0.25) is 14.5 Å². The van der Waals surface area contributed by atoms with Crippen LogP contribution in [-0.2, 0) is 9.59 Å². The van der Waals surface area contributed by atoms with Crippen molar-refractivity contribution in [2.24, 2.45) is 0 Å². The lowest BCUT2D eigenvalue weighted by molar-refractivity contribution is -0.136. The van der Waals surface area contributed by atoms with E-state index in [4.69, 9.17) is 0 Å². The van der Waals surface area contributed by atoms with Gasteiger partial charge in [-0.05, 0) is 48.7 Å². The van der Waals surface area contributed by atoms with Crippen molar-refractivity contribution >= 4 is 23.1 Å². The van der Waals surface area contributed by atoms with Crippen molar-refractivity contribution < 1.29 is 14.0 Å². The van der Waals surface area contributed by atoms with Crippen LogP contribution in [0.15, 0.2) is 60.8 Å². The molecule has 1 fully saturated rings. The fraction of sp³-hybridized carbons (Fsp3) is 0.280. The van der Waals surface area contributed by atoms with E-state index in [1.807, 2.05) is 4.90 Å². The van der Waals surface area contributed by atoms with Crippen LogP contribution >= 0.6 is 0 Å². The number of amides is 2. The summed E-state index contributed by atoms with van der Waals surface area (Å²) < 4.78 is 13.5. The molecular formula is C25H26FN3O2. The Morgan fingerprint density at radius 2 is 1.58 bits per heavy atom. The Balaban J connectivity index is 1.64. The molecule has 0 radical (unpaired) electrons. The maximum absolute atomic E-state index is 13.5. The minimum Gasteiger partial charge on any atom is -0.368 e. The Bertz CT molecular complexity index is 1070. The van der Waals surface area contributed by atoms with E-state index < -0.39 is 0 Å². The summed E-state index contributed by atoms with van der Waals surface area (Å²) in [5.74, 6) is -1.05. The number of imide groups is 1. The van der Waals surface area contributed by atoms with E-state index >= 15 is 0 Å². The highest BCUT2D eigenvalue weighted by Gasteiger charge is 2.41. The van der Waals surface area contributed by atoms with Crippen LogP contribution < -0.4 is 4.90 Å². The van der Waals surface area contributed by atoms with Crippen LogP contribution in [0.2, 0.25) is 0 Å². The molecule has 0 aliphatic carbocycles. The van der Waals surface area contributed by atoms with Gasteiger partial charge in [-0.2, -0.15) is 0 Å². The standard InChI is InChI=1S/C25H26FN3O2/c1-4-12-29-24(30)22(19-8-10-20(26)11-9-19)23(25(29)31)28-15-13-27(14-16-28)21-7-5-6-17(2)18(21)3/h4-11H,1,12-16H2,2-3H3. The number of halogens is 1. The summed E-state index contributed by atoms with van der Waals surface area (Å²) in [6, 6.07) is 12.0. The largest absolute Gasteiger partial charge is 0.368 e. The van der Waals surface area contributed by atoms with Crippen LogP contribution in [0.3, 0.4) is 0 Å². The molecule has 0 spiro atoms. The van der Waals surface area contributed by atoms with Crippen molar-refractivity contribution in [2.45, 2.75) is 13.8 Å². The molecule has 31 heavy (non-hydrogen) atoms. The predicted molar refractivity (Wildman–Crippen MR) is 120 cm³/mol. The molecule has 5 nitrogen and oxygen atoms in total. The third-order valence-electron chi connectivity index (χ3n) is 6.10. The molecule has 0 aromatic heterocycles. The van der Waals surface area contributed by atoms with Gasteiger partial charge in [-0.15, -0.1) is 6.58 Å². The molecule has 0 atom stereocenters. The molecule has 0 unspecified atom stereocenters. The highest BCUT2D eigenvalue weighted by atomic mass is 19.1. The summed E-state index contributed by atoms with van der Waals surface area (Å²) in [5.41, 5.74) is 5.00. The van der Waals surface area contributed by atoms with E-state index in [1.54, 1.807) is 18.2 Å². The van der Waals surface area contributed by atoms with Crippen LogP contribution in [-0.4, -0.2) is 54.3 Å². The lowest BCUT2D eigenvalue weighted by atomic mass is 10.0. The van der Waals surface area contributed by atoms with Crippen molar-refractivity contribution in [1.82, 2.24) is 9.80 Å². The zero-order valence-electron chi connectivity index (χ0n) is 17.9. The Morgan fingerprint density at radius 1 is 0.935 bits per heavy atom. The Labute approximate surface area is 182 Å². The minimum atomic E-state index is -0.382. The summed E-state index contributed by atoms with van der Waals surface area (Å²) in [6.07, 6.45) is 1.54. The summed E-state index contributed by atoms with van der Waals surface area (Å²) in [7, 11) is 0. The van der Waals surface area contributed by atoms with Gasteiger partial charge in [0.25, 0.3) is 11.8 Å². The number of hydrogen-bond donors (Lipinski definition) is 0. The number of carbonyl (C=O) groups excluding carboxylic acids is 2. The Morgan fingerprint density at radius 3 is 2.23 bits per heavy atom. The molecule has 1 saturated heterocycles. The lowest BCUT2D eigenvalue weighted by Crippen LogP contribution is -2.47. The van der Waals surface area contributed by atoms with Crippen LogP contribution in [0.25, 0.3) is 5.57 Å². The lowest BCUT2D eigenvalue weighted by Gasteiger charge is -2.38. The van der Waals surface area contributed by atoms with E-state index in [0.29, 0.717) is 29.9 Å². The number of anilines is 1. The van der Waals surface area contributed by atoms with Crippen molar-refractivity contribution in [3.63, 3.8) is 0 Å². The second kappa shape index (κ2) is 8.38. The third kappa shape index (κ3) is 3.74. The first-order chi connectivity index (χ1) is 14.9. The molecule has 0 N–H and O–H groups in total. The zero-order chi connectivity index (χ0) is 22.1. The zero-order valence-corrected chi connectivity index (χ0v) is 17.9. The van der Waals surface area contributed by atoms with Gasteiger partial charge < -0.3 is 9.80 Å². The normalized spacial score (nSPS) is 17.1. The highest BCUT2D eigenvalue weighted by molar-refractivity contribution is 6.35. The van der Waals surface area contributed by atoms with Gasteiger partial charge in [0.1, 0.15) is 11.5 Å². The maximum atomic E-state index is 13.5.